The number of alkyl halides is 3. The van der Waals surface area contributed by atoms with E-state index in [1.54, 1.807) is 6.07 Å². The molecular formula is C16H13F3N2O3S. The molecule has 2 aromatic rings. The molecule has 2 aromatic carbocycles. The quantitative estimate of drug-likeness (QED) is 0.442. The molecule has 0 saturated heterocycles. The fraction of sp³-hybridized carbons (Fsp3) is 0.188. The Morgan fingerprint density at radius 2 is 1.84 bits per heavy atom. The van der Waals surface area contributed by atoms with E-state index in [0.717, 1.165) is 0 Å². The monoisotopic (exact) mass is 370 g/mol. The van der Waals surface area contributed by atoms with E-state index in [1.807, 2.05) is 0 Å². The van der Waals surface area contributed by atoms with Crippen molar-refractivity contribution >= 4 is 23.4 Å². The van der Waals surface area contributed by atoms with Gasteiger partial charge in [0.05, 0.1) is 4.92 Å². The predicted molar refractivity (Wildman–Crippen MR) is 87.2 cm³/mol. The highest BCUT2D eigenvalue weighted by atomic mass is 32.2. The Labute approximate surface area is 145 Å². The maximum Gasteiger partial charge on any atom is 0.446 e. The molecule has 2 rings (SSSR count). The summed E-state index contributed by atoms with van der Waals surface area (Å²) in [6, 6.07) is 11.0. The fourth-order valence-corrected chi connectivity index (χ4v) is 2.67. The highest BCUT2D eigenvalue weighted by Crippen LogP contribution is 2.36. The molecule has 25 heavy (non-hydrogen) atoms. The van der Waals surface area contributed by atoms with Gasteiger partial charge < -0.3 is 4.90 Å². The lowest BCUT2D eigenvalue weighted by Gasteiger charge is -2.17. The van der Waals surface area contributed by atoms with Crippen LogP contribution in [0.5, 0.6) is 0 Å². The first-order chi connectivity index (χ1) is 11.7. The van der Waals surface area contributed by atoms with Crippen molar-refractivity contribution in [2.24, 2.45) is 0 Å². The number of nitro groups is 1. The molecule has 0 aromatic heterocycles. The molecule has 132 valence electrons. The standard InChI is InChI=1S/C16H13F3N2O3S/c1-20(10-11-3-2-4-13(9-11)21(23)24)15(22)12-5-7-14(8-6-12)25-16(17,18)19/h2-9H,10H2,1H3. The predicted octanol–water partition coefficient (Wildman–Crippen LogP) is 4.48. The summed E-state index contributed by atoms with van der Waals surface area (Å²) in [4.78, 5) is 23.9. The molecular weight excluding hydrogens is 357 g/mol. The lowest BCUT2D eigenvalue weighted by atomic mass is 10.1. The molecule has 0 atom stereocenters. The third-order valence-corrected chi connectivity index (χ3v) is 3.96. The third-order valence-electron chi connectivity index (χ3n) is 3.22. The number of nitrogens with zero attached hydrogens (tertiary/aromatic N) is 2. The van der Waals surface area contributed by atoms with Crippen LogP contribution in [0.4, 0.5) is 18.9 Å². The van der Waals surface area contributed by atoms with Gasteiger partial charge in [-0.05, 0) is 41.6 Å². The summed E-state index contributed by atoms with van der Waals surface area (Å²) >= 11 is -0.252. The van der Waals surface area contributed by atoms with Gasteiger partial charge in [0, 0.05) is 36.2 Å². The first-order valence-electron chi connectivity index (χ1n) is 7.00. The Morgan fingerprint density at radius 1 is 1.20 bits per heavy atom. The van der Waals surface area contributed by atoms with Crippen LogP contribution < -0.4 is 0 Å². The summed E-state index contributed by atoms with van der Waals surface area (Å²) in [7, 11) is 1.51. The number of benzene rings is 2. The minimum atomic E-state index is -4.38. The number of non-ortho nitro benzene ring substituents is 1. The second kappa shape index (κ2) is 7.56. The topological polar surface area (TPSA) is 63.4 Å². The molecule has 0 bridgehead atoms. The van der Waals surface area contributed by atoms with Gasteiger partial charge in [0.1, 0.15) is 0 Å². The van der Waals surface area contributed by atoms with Crippen molar-refractivity contribution in [1.29, 1.82) is 0 Å². The molecule has 0 heterocycles. The van der Waals surface area contributed by atoms with E-state index in [1.165, 1.54) is 54.4 Å². The summed E-state index contributed by atoms with van der Waals surface area (Å²) in [6.45, 7) is 0.138. The van der Waals surface area contributed by atoms with Gasteiger partial charge in [-0.2, -0.15) is 13.2 Å². The average Bonchev–Trinajstić information content (AvgIpc) is 2.53. The Kier molecular flexibility index (Phi) is 5.68. The van der Waals surface area contributed by atoms with E-state index in [9.17, 15) is 28.1 Å². The van der Waals surface area contributed by atoms with Gasteiger partial charge in [0.25, 0.3) is 11.6 Å². The molecule has 0 fully saturated rings. The minimum absolute atomic E-state index is 0.00890. The highest BCUT2D eigenvalue weighted by Gasteiger charge is 2.29. The van der Waals surface area contributed by atoms with Crippen LogP contribution in [0, 0.1) is 10.1 Å². The molecule has 0 aliphatic heterocycles. The van der Waals surface area contributed by atoms with Crippen LogP contribution in [0.2, 0.25) is 0 Å². The van der Waals surface area contributed by atoms with Crippen molar-refractivity contribution in [3.63, 3.8) is 0 Å². The Hall–Kier alpha value is -2.55. The summed E-state index contributed by atoms with van der Waals surface area (Å²) in [5.41, 5.74) is -3.65. The van der Waals surface area contributed by atoms with Crippen molar-refractivity contribution in [2.45, 2.75) is 16.9 Å². The van der Waals surface area contributed by atoms with Gasteiger partial charge in [0.15, 0.2) is 0 Å². The minimum Gasteiger partial charge on any atom is -0.337 e. The summed E-state index contributed by atoms with van der Waals surface area (Å²) in [6.07, 6.45) is 0. The van der Waals surface area contributed by atoms with E-state index < -0.39 is 16.3 Å². The molecule has 0 N–H and O–H groups in total. The zero-order chi connectivity index (χ0) is 18.6. The molecule has 5 nitrogen and oxygen atoms in total. The van der Waals surface area contributed by atoms with Gasteiger partial charge in [-0.3, -0.25) is 14.9 Å². The number of amides is 1. The van der Waals surface area contributed by atoms with Gasteiger partial charge in [-0.15, -0.1) is 0 Å². The number of nitro benzene ring substituents is 1. The smallest absolute Gasteiger partial charge is 0.337 e. The lowest BCUT2D eigenvalue weighted by Crippen LogP contribution is -2.26. The number of hydrogen-bond donors (Lipinski definition) is 0. The van der Waals surface area contributed by atoms with E-state index in [-0.39, 0.29) is 34.5 Å². The normalized spacial score (nSPS) is 11.2. The number of carbonyl (C=O) groups is 1. The van der Waals surface area contributed by atoms with Crippen LogP contribution in [0.3, 0.4) is 0 Å². The summed E-state index contributed by atoms with van der Waals surface area (Å²) in [5.74, 6) is -0.393. The average molecular weight is 370 g/mol. The van der Waals surface area contributed by atoms with E-state index in [0.29, 0.717) is 5.56 Å². The largest absolute Gasteiger partial charge is 0.446 e. The maximum absolute atomic E-state index is 12.3. The van der Waals surface area contributed by atoms with Crippen molar-refractivity contribution in [1.82, 2.24) is 4.90 Å². The number of halogens is 3. The lowest BCUT2D eigenvalue weighted by molar-refractivity contribution is -0.384. The van der Waals surface area contributed by atoms with Gasteiger partial charge in [0.2, 0.25) is 0 Å². The molecule has 1 amide bonds. The van der Waals surface area contributed by atoms with Gasteiger partial charge in [-0.25, -0.2) is 0 Å². The fourth-order valence-electron chi connectivity index (χ4n) is 2.13. The van der Waals surface area contributed by atoms with Crippen molar-refractivity contribution in [2.75, 3.05) is 7.05 Å². The molecule has 0 aliphatic rings. The van der Waals surface area contributed by atoms with Crippen LogP contribution in [0.1, 0.15) is 15.9 Å². The molecule has 9 heteroatoms. The number of rotatable bonds is 5. The number of carbonyl (C=O) groups excluding carboxylic acids is 1. The van der Waals surface area contributed by atoms with E-state index in [2.05, 4.69) is 0 Å². The summed E-state index contributed by atoms with van der Waals surface area (Å²) in [5, 5.41) is 10.8. The van der Waals surface area contributed by atoms with Gasteiger partial charge in [-0.1, -0.05) is 12.1 Å². The molecule has 0 radical (unpaired) electrons. The van der Waals surface area contributed by atoms with Crippen molar-refractivity contribution in [3.05, 3.63) is 69.8 Å². The number of thioether (sulfide) groups is 1. The molecule has 0 aliphatic carbocycles. The van der Waals surface area contributed by atoms with E-state index in [4.69, 9.17) is 0 Å². The summed E-state index contributed by atoms with van der Waals surface area (Å²) < 4.78 is 36.9. The second-order valence-corrected chi connectivity index (χ2v) is 6.30. The van der Waals surface area contributed by atoms with Crippen LogP contribution in [-0.2, 0) is 6.54 Å². The van der Waals surface area contributed by atoms with Crippen LogP contribution in [0.25, 0.3) is 0 Å². The Balaban J connectivity index is 2.07. The first kappa shape index (κ1) is 18.8. The van der Waals surface area contributed by atoms with E-state index >= 15 is 0 Å². The molecule has 0 spiro atoms. The second-order valence-electron chi connectivity index (χ2n) is 5.16. The van der Waals surface area contributed by atoms with Crippen LogP contribution in [-0.4, -0.2) is 28.3 Å². The Morgan fingerprint density at radius 3 is 2.40 bits per heavy atom. The molecule has 0 unspecified atom stereocenters. The first-order valence-corrected chi connectivity index (χ1v) is 7.82. The SMILES string of the molecule is CN(Cc1cccc([N+](=O)[O-])c1)C(=O)c1ccc(SC(F)(F)F)cc1. The van der Waals surface area contributed by atoms with Crippen LogP contribution >= 0.6 is 11.8 Å². The zero-order valence-electron chi connectivity index (χ0n) is 13.0. The van der Waals surface area contributed by atoms with Crippen molar-refractivity contribution < 1.29 is 22.9 Å². The van der Waals surface area contributed by atoms with Crippen LogP contribution in [0.15, 0.2) is 53.4 Å². The zero-order valence-corrected chi connectivity index (χ0v) is 13.8. The number of hydrogen-bond acceptors (Lipinski definition) is 4. The maximum atomic E-state index is 12.3. The Bertz CT molecular complexity index is 779. The molecule has 0 saturated carbocycles. The third kappa shape index (κ3) is 5.49. The van der Waals surface area contributed by atoms with Crippen molar-refractivity contribution in [3.8, 4) is 0 Å². The van der Waals surface area contributed by atoms with Gasteiger partial charge >= 0.3 is 5.51 Å². The highest BCUT2D eigenvalue weighted by molar-refractivity contribution is 8.00.